The van der Waals surface area contributed by atoms with Gasteiger partial charge in [-0.2, -0.15) is 0 Å². The zero-order valence-electron chi connectivity index (χ0n) is 19.9. The topological polar surface area (TPSA) is 105 Å². The van der Waals surface area contributed by atoms with Crippen molar-refractivity contribution in [2.75, 3.05) is 29.5 Å². The molecule has 3 rings (SSSR count). The minimum atomic E-state index is -3.38. The van der Waals surface area contributed by atoms with Crippen LogP contribution < -0.4 is 19.7 Å². The molecule has 9 heteroatoms. The molecule has 184 valence electrons. The summed E-state index contributed by atoms with van der Waals surface area (Å²) < 4.78 is 30.2. The number of para-hydroxylation sites is 1. The molecule has 0 aliphatic heterocycles. The summed E-state index contributed by atoms with van der Waals surface area (Å²) in [6.45, 7) is 2.06. The van der Waals surface area contributed by atoms with Gasteiger partial charge in [0, 0.05) is 13.6 Å². The lowest BCUT2D eigenvalue weighted by Crippen LogP contribution is -2.32. The molecule has 0 fully saturated rings. The monoisotopic (exact) mass is 495 g/mol. The van der Waals surface area contributed by atoms with Crippen LogP contribution in [0.3, 0.4) is 0 Å². The largest absolute Gasteiger partial charge is 0.481 e. The smallest absolute Gasteiger partial charge is 0.265 e. The molecule has 0 radical (unpaired) electrons. The summed E-state index contributed by atoms with van der Waals surface area (Å²) in [7, 11) is -1.92. The van der Waals surface area contributed by atoms with Gasteiger partial charge in [0.25, 0.3) is 11.8 Å². The Hall–Kier alpha value is -3.85. The number of rotatable bonds is 10. The maximum Gasteiger partial charge on any atom is 0.265 e. The van der Waals surface area contributed by atoms with Crippen molar-refractivity contribution >= 4 is 33.2 Å². The van der Waals surface area contributed by atoms with E-state index in [0.29, 0.717) is 35.7 Å². The third-order valence-electron chi connectivity index (χ3n) is 5.35. The number of ether oxygens (including phenoxy) is 1. The van der Waals surface area contributed by atoms with E-state index < -0.39 is 22.0 Å². The van der Waals surface area contributed by atoms with Crippen LogP contribution in [0.15, 0.2) is 78.9 Å². The first-order chi connectivity index (χ1) is 16.6. The zero-order valence-corrected chi connectivity index (χ0v) is 20.7. The number of nitrogens with one attached hydrogen (secondary N) is 2. The molecule has 0 aliphatic rings. The predicted octanol–water partition coefficient (Wildman–Crippen LogP) is 3.46. The highest BCUT2D eigenvalue weighted by molar-refractivity contribution is 7.92. The van der Waals surface area contributed by atoms with E-state index in [1.165, 1.54) is 7.05 Å². The minimum Gasteiger partial charge on any atom is -0.481 e. The highest BCUT2D eigenvalue weighted by Gasteiger charge is 2.19. The van der Waals surface area contributed by atoms with E-state index in [-0.39, 0.29) is 5.91 Å². The van der Waals surface area contributed by atoms with Crippen molar-refractivity contribution in [3.63, 3.8) is 0 Å². The third kappa shape index (κ3) is 7.31. The molecular weight excluding hydrogens is 466 g/mol. The van der Waals surface area contributed by atoms with Gasteiger partial charge in [-0.1, -0.05) is 42.5 Å². The van der Waals surface area contributed by atoms with Crippen LogP contribution in [-0.4, -0.2) is 46.2 Å². The summed E-state index contributed by atoms with van der Waals surface area (Å²) in [6.07, 6.45) is 0.957. The first-order valence-electron chi connectivity index (χ1n) is 11.1. The Morgan fingerprint density at radius 2 is 1.57 bits per heavy atom. The molecule has 0 aliphatic carbocycles. The molecule has 35 heavy (non-hydrogen) atoms. The average Bonchev–Trinajstić information content (AvgIpc) is 2.84. The lowest BCUT2D eigenvalue weighted by molar-refractivity contribution is -0.122. The summed E-state index contributed by atoms with van der Waals surface area (Å²) in [5, 5.41) is 5.64. The van der Waals surface area contributed by atoms with Crippen LogP contribution in [0.1, 0.15) is 22.8 Å². The SMILES string of the molecule is CC(Oc1ccc(N(C)S(C)(=O)=O)cc1)C(=O)Nc1ccccc1C(=O)NCCc1ccccc1. The first kappa shape index (κ1) is 25.8. The molecule has 0 aromatic heterocycles. The first-order valence-corrected chi connectivity index (χ1v) is 12.9. The third-order valence-corrected chi connectivity index (χ3v) is 6.56. The van der Waals surface area contributed by atoms with Crippen LogP contribution in [0.5, 0.6) is 5.75 Å². The van der Waals surface area contributed by atoms with Crippen LogP contribution in [0.2, 0.25) is 0 Å². The Morgan fingerprint density at radius 3 is 2.23 bits per heavy atom. The quantitative estimate of drug-likeness (QED) is 0.448. The minimum absolute atomic E-state index is 0.281. The van der Waals surface area contributed by atoms with E-state index in [4.69, 9.17) is 4.74 Å². The maximum atomic E-state index is 12.7. The van der Waals surface area contributed by atoms with Gasteiger partial charge in [-0.3, -0.25) is 13.9 Å². The van der Waals surface area contributed by atoms with Gasteiger partial charge in [0.1, 0.15) is 5.75 Å². The van der Waals surface area contributed by atoms with Gasteiger partial charge in [0.15, 0.2) is 6.10 Å². The highest BCUT2D eigenvalue weighted by atomic mass is 32.2. The van der Waals surface area contributed by atoms with Crippen molar-refractivity contribution in [1.29, 1.82) is 0 Å². The Bertz CT molecular complexity index is 1260. The summed E-state index contributed by atoms with van der Waals surface area (Å²) in [5.74, 6) is -0.298. The van der Waals surface area contributed by atoms with Gasteiger partial charge >= 0.3 is 0 Å². The van der Waals surface area contributed by atoms with Gasteiger partial charge in [0.05, 0.1) is 23.2 Å². The highest BCUT2D eigenvalue weighted by Crippen LogP contribution is 2.22. The van der Waals surface area contributed by atoms with E-state index >= 15 is 0 Å². The fraction of sp³-hybridized carbons (Fsp3) is 0.231. The zero-order chi connectivity index (χ0) is 25.4. The van der Waals surface area contributed by atoms with Crippen molar-refractivity contribution < 1.29 is 22.7 Å². The normalized spacial score (nSPS) is 11.9. The molecule has 3 aromatic carbocycles. The van der Waals surface area contributed by atoms with E-state index in [1.807, 2.05) is 30.3 Å². The van der Waals surface area contributed by atoms with Crippen molar-refractivity contribution in [3.8, 4) is 5.75 Å². The maximum absolute atomic E-state index is 12.7. The molecular formula is C26H29N3O5S. The number of sulfonamides is 1. The lowest BCUT2D eigenvalue weighted by atomic mass is 10.1. The van der Waals surface area contributed by atoms with E-state index in [1.54, 1.807) is 55.5 Å². The van der Waals surface area contributed by atoms with Crippen molar-refractivity contribution in [2.24, 2.45) is 0 Å². The molecule has 0 saturated heterocycles. The summed E-state index contributed by atoms with van der Waals surface area (Å²) in [6, 6.07) is 23.0. The number of carbonyl (C=O) groups is 2. The Labute approximate surface area is 206 Å². The van der Waals surface area contributed by atoms with Gasteiger partial charge in [-0.25, -0.2) is 8.42 Å². The molecule has 0 saturated carbocycles. The van der Waals surface area contributed by atoms with E-state index in [0.717, 1.165) is 16.1 Å². The second kappa shape index (κ2) is 11.5. The van der Waals surface area contributed by atoms with Crippen LogP contribution in [0.4, 0.5) is 11.4 Å². The van der Waals surface area contributed by atoms with Crippen molar-refractivity contribution in [1.82, 2.24) is 5.32 Å². The number of amides is 2. The molecule has 8 nitrogen and oxygen atoms in total. The number of nitrogens with zero attached hydrogens (tertiary/aromatic N) is 1. The Morgan fingerprint density at radius 1 is 0.943 bits per heavy atom. The number of anilines is 2. The standard InChI is InChI=1S/C26H29N3O5S/c1-19(34-22-15-13-21(14-16-22)29(2)35(3,32)33)25(30)28-24-12-8-7-11-23(24)26(31)27-18-17-20-9-5-4-6-10-20/h4-16,19H,17-18H2,1-3H3,(H,27,31)(H,28,30). The molecule has 1 atom stereocenters. The molecule has 2 amide bonds. The summed E-state index contributed by atoms with van der Waals surface area (Å²) >= 11 is 0. The van der Waals surface area contributed by atoms with Crippen LogP contribution in [0, 0.1) is 0 Å². The molecule has 3 aromatic rings. The number of hydrogen-bond donors (Lipinski definition) is 2. The number of benzene rings is 3. The van der Waals surface area contributed by atoms with Gasteiger partial charge in [-0.15, -0.1) is 0 Å². The van der Waals surface area contributed by atoms with E-state index in [9.17, 15) is 18.0 Å². The Balaban J connectivity index is 1.59. The number of carbonyl (C=O) groups excluding carboxylic acids is 2. The second-order valence-corrected chi connectivity index (χ2v) is 10.0. The summed E-state index contributed by atoms with van der Waals surface area (Å²) in [5.41, 5.74) is 2.34. The molecule has 0 spiro atoms. The van der Waals surface area contributed by atoms with E-state index in [2.05, 4.69) is 10.6 Å². The molecule has 2 N–H and O–H groups in total. The van der Waals surface area contributed by atoms with Gasteiger partial charge in [0.2, 0.25) is 10.0 Å². The fourth-order valence-electron chi connectivity index (χ4n) is 3.27. The second-order valence-electron chi connectivity index (χ2n) is 8.01. The fourth-order valence-corrected chi connectivity index (χ4v) is 3.77. The van der Waals surface area contributed by atoms with Crippen LogP contribution in [0.25, 0.3) is 0 Å². The van der Waals surface area contributed by atoms with Crippen molar-refractivity contribution in [2.45, 2.75) is 19.4 Å². The van der Waals surface area contributed by atoms with Gasteiger partial charge < -0.3 is 15.4 Å². The van der Waals surface area contributed by atoms with Gasteiger partial charge in [-0.05, 0) is 55.3 Å². The molecule has 1 unspecified atom stereocenters. The Kier molecular flexibility index (Phi) is 8.48. The number of hydrogen-bond acceptors (Lipinski definition) is 5. The lowest BCUT2D eigenvalue weighted by Gasteiger charge is -2.19. The average molecular weight is 496 g/mol. The summed E-state index contributed by atoms with van der Waals surface area (Å²) in [4.78, 5) is 25.5. The molecule has 0 bridgehead atoms. The van der Waals surface area contributed by atoms with Crippen LogP contribution >= 0.6 is 0 Å². The molecule has 0 heterocycles. The van der Waals surface area contributed by atoms with Crippen LogP contribution in [-0.2, 0) is 21.2 Å². The van der Waals surface area contributed by atoms with Crippen molar-refractivity contribution in [3.05, 3.63) is 90.0 Å². The predicted molar refractivity (Wildman–Crippen MR) is 137 cm³/mol.